The molecule has 0 saturated heterocycles. The largest absolute Gasteiger partial charge is 0.409 e. The second-order valence-electron chi connectivity index (χ2n) is 4.52. The molecule has 0 heterocycles. The van der Waals surface area contributed by atoms with E-state index in [0.717, 1.165) is 0 Å². The minimum atomic E-state index is -0.374. The predicted molar refractivity (Wildman–Crippen MR) is 70.7 cm³/mol. The lowest BCUT2D eigenvalue weighted by molar-refractivity contribution is 0.0746. The van der Waals surface area contributed by atoms with E-state index in [9.17, 15) is 9.18 Å². The summed E-state index contributed by atoms with van der Waals surface area (Å²) < 4.78 is 13.0. The van der Waals surface area contributed by atoms with Crippen molar-refractivity contribution in [1.82, 2.24) is 4.90 Å². The summed E-state index contributed by atoms with van der Waals surface area (Å²) in [5, 5.41) is 11.4. The molecule has 1 unspecified atom stereocenters. The van der Waals surface area contributed by atoms with Crippen LogP contribution in [0.1, 0.15) is 29.3 Å². The molecule has 0 aliphatic rings. The first-order chi connectivity index (χ1) is 8.86. The number of amides is 1. The molecule has 5 nitrogen and oxygen atoms in total. The number of benzene rings is 1. The zero-order valence-corrected chi connectivity index (χ0v) is 11.2. The fourth-order valence-corrected chi connectivity index (χ4v) is 1.74. The molecule has 0 aliphatic carbocycles. The summed E-state index contributed by atoms with van der Waals surface area (Å²) in [6.45, 7) is 3.47. The number of carbonyl (C=O) groups is 1. The highest BCUT2D eigenvalue weighted by atomic mass is 19.1. The summed E-state index contributed by atoms with van der Waals surface area (Å²) in [6.07, 6.45) is 0.263. The number of nitrogens with two attached hydrogens (primary N) is 1. The Morgan fingerprint density at radius 2 is 2.21 bits per heavy atom. The molecule has 1 amide bonds. The van der Waals surface area contributed by atoms with Crippen molar-refractivity contribution in [2.75, 3.05) is 7.05 Å². The highest BCUT2D eigenvalue weighted by Gasteiger charge is 2.20. The zero-order valence-electron chi connectivity index (χ0n) is 11.2. The van der Waals surface area contributed by atoms with E-state index < -0.39 is 0 Å². The summed E-state index contributed by atoms with van der Waals surface area (Å²) in [5.74, 6) is -0.542. The van der Waals surface area contributed by atoms with E-state index in [1.54, 1.807) is 20.9 Å². The molecule has 1 rings (SSSR count). The summed E-state index contributed by atoms with van der Waals surface area (Å²) in [6, 6.07) is 3.80. The molecule has 0 aromatic heterocycles. The van der Waals surface area contributed by atoms with Crippen LogP contribution in [-0.4, -0.2) is 34.9 Å². The van der Waals surface area contributed by atoms with Crippen molar-refractivity contribution in [3.63, 3.8) is 0 Å². The SMILES string of the molecule is Cc1cc(F)ccc1C(=O)N(C)C(C)C/C(N)=N/O. The standard InChI is InChI=1S/C13H18FN3O2/c1-8-6-10(14)4-5-11(8)13(18)17(3)9(2)7-12(15)16-19/h4-6,9,19H,7H2,1-3H3,(H2,15,16). The van der Waals surface area contributed by atoms with Gasteiger partial charge < -0.3 is 15.8 Å². The second kappa shape index (κ2) is 6.17. The number of hydrogen-bond donors (Lipinski definition) is 2. The number of halogens is 1. The van der Waals surface area contributed by atoms with Crippen LogP contribution < -0.4 is 5.73 Å². The van der Waals surface area contributed by atoms with Gasteiger partial charge in [0.1, 0.15) is 11.7 Å². The van der Waals surface area contributed by atoms with Crippen LogP contribution in [0.4, 0.5) is 4.39 Å². The summed E-state index contributed by atoms with van der Waals surface area (Å²) in [4.78, 5) is 13.7. The monoisotopic (exact) mass is 267 g/mol. The van der Waals surface area contributed by atoms with Crippen molar-refractivity contribution >= 4 is 11.7 Å². The van der Waals surface area contributed by atoms with Gasteiger partial charge in [0.25, 0.3) is 5.91 Å². The fourth-order valence-electron chi connectivity index (χ4n) is 1.74. The van der Waals surface area contributed by atoms with E-state index in [1.807, 2.05) is 0 Å². The molecule has 6 heteroatoms. The van der Waals surface area contributed by atoms with Crippen LogP contribution in [0.25, 0.3) is 0 Å². The Balaban J connectivity index is 2.87. The highest BCUT2D eigenvalue weighted by Crippen LogP contribution is 2.14. The topological polar surface area (TPSA) is 78.9 Å². The third-order valence-electron chi connectivity index (χ3n) is 3.03. The molecule has 1 atom stereocenters. The van der Waals surface area contributed by atoms with Crippen molar-refractivity contribution in [3.8, 4) is 0 Å². The van der Waals surface area contributed by atoms with Crippen LogP contribution in [0, 0.1) is 12.7 Å². The summed E-state index contributed by atoms with van der Waals surface area (Å²) >= 11 is 0. The number of aryl methyl sites for hydroxylation is 1. The van der Waals surface area contributed by atoms with Gasteiger partial charge in [0, 0.05) is 25.1 Å². The number of carbonyl (C=O) groups excluding carboxylic acids is 1. The molecular weight excluding hydrogens is 249 g/mol. The lowest BCUT2D eigenvalue weighted by atomic mass is 10.1. The van der Waals surface area contributed by atoms with Crippen LogP contribution in [0.2, 0.25) is 0 Å². The first-order valence-corrected chi connectivity index (χ1v) is 5.86. The van der Waals surface area contributed by atoms with Crippen LogP contribution in [0.5, 0.6) is 0 Å². The lowest BCUT2D eigenvalue weighted by Gasteiger charge is -2.25. The second-order valence-corrected chi connectivity index (χ2v) is 4.52. The Morgan fingerprint density at radius 3 is 2.74 bits per heavy atom. The average molecular weight is 267 g/mol. The molecule has 104 valence electrons. The Labute approximate surface area is 111 Å². The van der Waals surface area contributed by atoms with Crippen molar-refractivity contribution in [2.45, 2.75) is 26.3 Å². The average Bonchev–Trinajstić information content (AvgIpc) is 2.36. The number of amidine groups is 1. The van der Waals surface area contributed by atoms with Gasteiger partial charge in [0.15, 0.2) is 0 Å². The molecule has 0 bridgehead atoms. The molecule has 0 fully saturated rings. The smallest absolute Gasteiger partial charge is 0.254 e. The van der Waals surface area contributed by atoms with E-state index in [2.05, 4.69) is 5.16 Å². The number of rotatable bonds is 4. The highest BCUT2D eigenvalue weighted by molar-refractivity contribution is 5.96. The van der Waals surface area contributed by atoms with E-state index >= 15 is 0 Å². The van der Waals surface area contributed by atoms with Gasteiger partial charge in [-0.1, -0.05) is 5.16 Å². The lowest BCUT2D eigenvalue weighted by Crippen LogP contribution is -2.38. The fraction of sp³-hybridized carbons (Fsp3) is 0.385. The van der Waals surface area contributed by atoms with E-state index in [4.69, 9.17) is 10.9 Å². The third-order valence-corrected chi connectivity index (χ3v) is 3.03. The molecule has 19 heavy (non-hydrogen) atoms. The van der Waals surface area contributed by atoms with Gasteiger partial charge in [-0.2, -0.15) is 0 Å². The molecule has 0 saturated carbocycles. The Morgan fingerprint density at radius 1 is 1.58 bits per heavy atom. The van der Waals surface area contributed by atoms with Crippen molar-refractivity contribution in [3.05, 3.63) is 35.1 Å². The Kier molecular flexibility index (Phi) is 4.86. The molecule has 0 aliphatic heterocycles. The summed E-state index contributed by atoms with van der Waals surface area (Å²) in [5.41, 5.74) is 6.43. The molecule has 1 aromatic carbocycles. The van der Waals surface area contributed by atoms with Gasteiger partial charge >= 0.3 is 0 Å². The van der Waals surface area contributed by atoms with Crippen LogP contribution in [0.15, 0.2) is 23.4 Å². The van der Waals surface area contributed by atoms with Gasteiger partial charge in [-0.25, -0.2) is 4.39 Å². The summed E-state index contributed by atoms with van der Waals surface area (Å²) in [7, 11) is 1.63. The van der Waals surface area contributed by atoms with Gasteiger partial charge in [-0.3, -0.25) is 4.79 Å². The first kappa shape index (κ1) is 14.9. The Hall–Kier alpha value is -2.11. The van der Waals surface area contributed by atoms with Crippen molar-refractivity contribution in [2.24, 2.45) is 10.9 Å². The molecule has 1 aromatic rings. The van der Waals surface area contributed by atoms with Crippen molar-refractivity contribution in [1.29, 1.82) is 0 Å². The quantitative estimate of drug-likeness (QED) is 0.377. The van der Waals surface area contributed by atoms with Crippen molar-refractivity contribution < 1.29 is 14.4 Å². The van der Waals surface area contributed by atoms with Gasteiger partial charge in [0.2, 0.25) is 0 Å². The maximum atomic E-state index is 13.0. The number of oxime groups is 1. The molecule has 0 spiro atoms. The Bertz CT molecular complexity index is 503. The van der Waals surface area contributed by atoms with Crippen LogP contribution >= 0.6 is 0 Å². The maximum Gasteiger partial charge on any atom is 0.254 e. The normalized spacial score (nSPS) is 13.2. The van der Waals surface area contributed by atoms with Gasteiger partial charge in [-0.15, -0.1) is 0 Å². The maximum absolute atomic E-state index is 13.0. The van der Waals surface area contributed by atoms with Gasteiger partial charge in [0.05, 0.1) is 0 Å². The number of nitrogens with zero attached hydrogens (tertiary/aromatic N) is 2. The molecule has 3 N–H and O–H groups in total. The van der Waals surface area contributed by atoms with Gasteiger partial charge in [-0.05, 0) is 37.6 Å². The molecular formula is C13H18FN3O2. The van der Waals surface area contributed by atoms with E-state index in [-0.39, 0.29) is 30.0 Å². The van der Waals surface area contributed by atoms with E-state index in [0.29, 0.717) is 11.1 Å². The zero-order chi connectivity index (χ0) is 14.6. The van der Waals surface area contributed by atoms with E-state index in [1.165, 1.54) is 23.1 Å². The minimum absolute atomic E-state index is 0.0583. The first-order valence-electron chi connectivity index (χ1n) is 5.86. The predicted octanol–water partition coefficient (Wildman–Crippen LogP) is 1.73. The third kappa shape index (κ3) is 3.67. The van der Waals surface area contributed by atoms with Crippen LogP contribution in [-0.2, 0) is 0 Å². The molecule has 0 radical (unpaired) electrons. The minimum Gasteiger partial charge on any atom is -0.409 e. The van der Waals surface area contributed by atoms with Crippen LogP contribution in [0.3, 0.4) is 0 Å². The number of hydrogen-bond acceptors (Lipinski definition) is 3.